The number of thiophene rings is 1. The summed E-state index contributed by atoms with van der Waals surface area (Å²) in [5, 5.41) is 1.53. The van der Waals surface area contributed by atoms with Crippen LogP contribution in [0.15, 0.2) is 18.2 Å². The zero-order valence-electron chi connectivity index (χ0n) is 9.05. The smallest absolute Gasteiger partial charge is 0.0351 e. The summed E-state index contributed by atoms with van der Waals surface area (Å²) >= 11 is 1.93. The summed E-state index contributed by atoms with van der Waals surface area (Å²) in [4.78, 5) is 1.49. The number of hydrogen-bond acceptors (Lipinski definition) is 1. The summed E-state index contributed by atoms with van der Waals surface area (Å²) in [6, 6.07) is 6.68. The molecule has 0 saturated carbocycles. The van der Waals surface area contributed by atoms with Crippen LogP contribution in [0, 0.1) is 6.92 Å². The van der Waals surface area contributed by atoms with Crippen molar-refractivity contribution in [3.63, 3.8) is 0 Å². The summed E-state index contributed by atoms with van der Waals surface area (Å²) in [6.07, 6.45) is 2.30. The maximum atomic E-state index is 2.26. The van der Waals surface area contributed by atoms with E-state index in [0.29, 0.717) is 0 Å². The van der Waals surface area contributed by atoms with E-state index in [1.807, 2.05) is 11.3 Å². The highest BCUT2D eigenvalue weighted by Crippen LogP contribution is 2.33. The maximum absolute atomic E-state index is 2.26. The Hall–Kier alpha value is -0.820. The summed E-state index contributed by atoms with van der Waals surface area (Å²) in [5.74, 6) is 0. The van der Waals surface area contributed by atoms with E-state index >= 15 is 0 Å². The molecule has 0 fully saturated rings. The lowest BCUT2D eigenvalue weighted by Gasteiger charge is -2.02. The van der Waals surface area contributed by atoms with Crippen LogP contribution in [0.1, 0.15) is 29.9 Å². The van der Waals surface area contributed by atoms with Crippen LogP contribution in [0.25, 0.3) is 10.1 Å². The topological polar surface area (TPSA) is 0 Å². The summed E-state index contributed by atoms with van der Waals surface area (Å²) in [6.45, 7) is 6.73. The SMILES string of the molecule is CCc1cccc2sc(C)c(CC)c12. The largest absolute Gasteiger partial charge is 0.140 e. The van der Waals surface area contributed by atoms with Gasteiger partial charge in [-0.15, -0.1) is 11.3 Å². The first kappa shape index (κ1) is 9.72. The van der Waals surface area contributed by atoms with Gasteiger partial charge in [0.25, 0.3) is 0 Å². The van der Waals surface area contributed by atoms with Gasteiger partial charge >= 0.3 is 0 Å². The molecule has 0 atom stereocenters. The van der Waals surface area contributed by atoms with Gasteiger partial charge in [0.15, 0.2) is 0 Å². The molecular formula is C13H16S. The van der Waals surface area contributed by atoms with Gasteiger partial charge in [0.05, 0.1) is 0 Å². The van der Waals surface area contributed by atoms with Gasteiger partial charge in [-0.2, -0.15) is 0 Å². The predicted octanol–water partition coefficient (Wildman–Crippen LogP) is 4.33. The zero-order valence-corrected chi connectivity index (χ0v) is 9.87. The molecule has 2 aromatic rings. The van der Waals surface area contributed by atoms with Crippen molar-refractivity contribution in [1.29, 1.82) is 0 Å². The average Bonchev–Trinajstić information content (AvgIpc) is 2.52. The Morgan fingerprint density at radius 1 is 1.14 bits per heavy atom. The second-order valence-corrected chi connectivity index (χ2v) is 4.89. The van der Waals surface area contributed by atoms with E-state index in [4.69, 9.17) is 0 Å². The second kappa shape index (κ2) is 3.74. The lowest BCUT2D eigenvalue weighted by molar-refractivity contribution is 1.12. The van der Waals surface area contributed by atoms with Crippen LogP contribution in [0.4, 0.5) is 0 Å². The lowest BCUT2D eigenvalue weighted by atomic mass is 10.0. The van der Waals surface area contributed by atoms with Crippen molar-refractivity contribution >= 4 is 21.4 Å². The second-order valence-electron chi connectivity index (χ2n) is 3.63. The Morgan fingerprint density at radius 2 is 1.93 bits per heavy atom. The highest BCUT2D eigenvalue weighted by Gasteiger charge is 2.09. The molecule has 1 heterocycles. The van der Waals surface area contributed by atoms with Crippen molar-refractivity contribution in [3.05, 3.63) is 34.2 Å². The molecule has 0 aliphatic rings. The molecule has 74 valence electrons. The predicted molar refractivity (Wildman–Crippen MR) is 65.3 cm³/mol. The minimum Gasteiger partial charge on any atom is -0.140 e. The Morgan fingerprint density at radius 3 is 2.57 bits per heavy atom. The monoisotopic (exact) mass is 204 g/mol. The summed E-state index contributed by atoms with van der Waals surface area (Å²) in [5.41, 5.74) is 3.06. The number of fused-ring (bicyclic) bond motifs is 1. The number of aryl methyl sites for hydroxylation is 3. The van der Waals surface area contributed by atoms with Crippen LogP contribution in [0.5, 0.6) is 0 Å². The lowest BCUT2D eigenvalue weighted by Crippen LogP contribution is -1.85. The number of benzene rings is 1. The molecule has 0 N–H and O–H groups in total. The first-order valence-corrected chi connectivity index (χ1v) is 6.09. The molecule has 1 aromatic carbocycles. The molecule has 0 aliphatic heterocycles. The third-order valence-corrected chi connectivity index (χ3v) is 3.95. The van der Waals surface area contributed by atoms with E-state index < -0.39 is 0 Å². The summed E-state index contributed by atoms with van der Waals surface area (Å²) in [7, 11) is 0. The van der Waals surface area contributed by atoms with Gasteiger partial charge in [-0.3, -0.25) is 0 Å². The molecule has 1 heteroatoms. The van der Waals surface area contributed by atoms with Gasteiger partial charge in [0.1, 0.15) is 0 Å². The minimum absolute atomic E-state index is 1.14. The van der Waals surface area contributed by atoms with E-state index in [2.05, 4.69) is 39.0 Å². The molecule has 0 aliphatic carbocycles. The van der Waals surface area contributed by atoms with Crippen LogP contribution < -0.4 is 0 Å². The molecule has 0 radical (unpaired) electrons. The zero-order chi connectivity index (χ0) is 10.1. The van der Waals surface area contributed by atoms with Crippen LogP contribution in [-0.4, -0.2) is 0 Å². The van der Waals surface area contributed by atoms with Gasteiger partial charge in [-0.05, 0) is 42.3 Å². The van der Waals surface area contributed by atoms with Gasteiger partial charge < -0.3 is 0 Å². The molecule has 0 saturated heterocycles. The Bertz CT molecular complexity index is 451. The van der Waals surface area contributed by atoms with Crippen LogP contribution >= 0.6 is 11.3 Å². The maximum Gasteiger partial charge on any atom is 0.0351 e. The van der Waals surface area contributed by atoms with E-state index in [0.717, 1.165) is 12.8 Å². The summed E-state index contributed by atoms with van der Waals surface area (Å²) < 4.78 is 1.46. The Balaban J connectivity index is 2.82. The molecule has 0 unspecified atom stereocenters. The molecule has 14 heavy (non-hydrogen) atoms. The number of hydrogen-bond donors (Lipinski definition) is 0. The van der Waals surface area contributed by atoms with E-state index in [1.54, 1.807) is 5.56 Å². The van der Waals surface area contributed by atoms with Gasteiger partial charge in [0.2, 0.25) is 0 Å². The molecule has 0 bridgehead atoms. The molecule has 0 spiro atoms. The standard InChI is InChI=1S/C13H16S/c1-4-10-7-6-8-12-13(10)11(5-2)9(3)14-12/h6-8H,4-5H2,1-3H3. The minimum atomic E-state index is 1.14. The van der Waals surface area contributed by atoms with Crippen molar-refractivity contribution < 1.29 is 0 Å². The van der Waals surface area contributed by atoms with Crippen molar-refractivity contribution in [2.75, 3.05) is 0 Å². The van der Waals surface area contributed by atoms with Gasteiger partial charge in [-0.1, -0.05) is 26.0 Å². The van der Waals surface area contributed by atoms with Crippen molar-refractivity contribution in [2.24, 2.45) is 0 Å². The van der Waals surface area contributed by atoms with Crippen molar-refractivity contribution in [1.82, 2.24) is 0 Å². The van der Waals surface area contributed by atoms with Gasteiger partial charge in [-0.25, -0.2) is 0 Å². The van der Waals surface area contributed by atoms with E-state index in [9.17, 15) is 0 Å². The highest BCUT2D eigenvalue weighted by molar-refractivity contribution is 7.19. The first-order valence-electron chi connectivity index (χ1n) is 5.27. The molecule has 0 amide bonds. The fourth-order valence-electron chi connectivity index (χ4n) is 2.13. The van der Waals surface area contributed by atoms with Crippen LogP contribution in [0.3, 0.4) is 0 Å². The normalized spacial score (nSPS) is 11.1. The van der Waals surface area contributed by atoms with Crippen molar-refractivity contribution in [3.8, 4) is 0 Å². The Kier molecular flexibility index (Phi) is 2.60. The highest BCUT2D eigenvalue weighted by atomic mass is 32.1. The number of rotatable bonds is 2. The van der Waals surface area contributed by atoms with Gasteiger partial charge in [0, 0.05) is 9.58 Å². The fourth-order valence-corrected chi connectivity index (χ4v) is 3.33. The van der Waals surface area contributed by atoms with Crippen LogP contribution in [-0.2, 0) is 12.8 Å². The first-order chi connectivity index (χ1) is 6.77. The van der Waals surface area contributed by atoms with E-state index in [1.165, 1.54) is 20.5 Å². The molecule has 1 aromatic heterocycles. The average molecular weight is 204 g/mol. The van der Waals surface area contributed by atoms with Crippen molar-refractivity contribution in [2.45, 2.75) is 33.6 Å². The van der Waals surface area contributed by atoms with Crippen LogP contribution in [0.2, 0.25) is 0 Å². The molecule has 2 rings (SSSR count). The molecular weight excluding hydrogens is 188 g/mol. The fraction of sp³-hybridized carbons (Fsp3) is 0.385. The molecule has 0 nitrogen and oxygen atoms in total. The third-order valence-electron chi connectivity index (χ3n) is 2.84. The third kappa shape index (κ3) is 1.36. The Labute approximate surface area is 89.6 Å². The quantitative estimate of drug-likeness (QED) is 0.683. The van der Waals surface area contributed by atoms with E-state index in [-0.39, 0.29) is 0 Å².